The van der Waals surface area contributed by atoms with Gasteiger partial charge < -0.3 is 10.7 Å². The van der Waals surface area contributed by atoms with Crippen molar-refractivity contribution >= 4 is 11.8 Å². The van der Waals surface area contributed by atoms with Gasteiger partial charge in [-0.2, -0.15) is 0 Å². The fourth-order valence-corrected chi connectivity index (χ4v) is 2.68. The summed E-state index contributed by atoms with van der Waals surface area (Å²) in [6.07, 6.45) is 5.91. The number of carbonyl (C=O) groups is 2. The molecular formula is C14H22N4O2. The van der Waals surface area contributed by atoms with Crippen LogP contribution >= 0.6 is 0 Å². The number of carbonyl (C=O) groups excluding carboxylic acids is 2. The average molecular weight is 278 g/mol. The highest BCUT2D eigenvalue weighted by Gasteiger charge is 2.24. The Balaban J connectivity index is 1.85. The van der Waals surface area contributed by atoms with Crippen LogP contribution in [0.15, 0.2) is 18.3 Å². The van der Waals surface area contributed by atoms with Crippen molar-refractivity contribution < 1.29 is 9.59 Å². The number of amides is 2. The Morgan fingerprint density at radius 2 is 2.30 bits per heavy atom. The standard InChI is InChI=1S/C14H22N4O2/c15-7-6-11-4-1-2-9-18(11)10-13(19)17-14(20)12-5-3-8-16-12/h3,5,8,11,16H,1-2,4,6-7,9-10,15H2,(H,17,19,20). The Bertz CT molecular complexity index is 442. The molecule has 6 nitrogen and oxygen atoms in total. The SMILES string of the molecule is NCCC1CCCCN1CC(=O)NC(=O)c1ccc[nH]1. The zero-order chi connectivity index (χ0) is 14.4. The van der Waals surface area contributed by atoms with E-state index >= 15 is 0 Å². The maximum Gasteiger partial charge on any atom is 0.274 e. The Hall–Kier alpha value is -1.66. The lowest BCUT2D eigenvalue weighted by atomic mass is 9.99. The minimum Gasteiger partial charge on any atom is -0.357 e. The summed E-state index contributed by atoms with van der Waals surface area (Å²) < 4.78 is 0. The number of nitrogens with two attached hydrogens (primary N) is 1. The normalized spacial score (nSPS) is 19.8. The van der Waals surface area contributed by atoms with Gasteiger partial charge in [0.2, 0.25) is 5.91 Å². The summed E-state index contributed by atoms with van der Waals surface area (Å²) in [5.41, 5.74) is 6.01. The Labute approximate surface area is 118 Å². The van der Waals surface area contributed by atoms with E-state index in [0.717, 1.165) is 25.8 Å². The molecule has 1 aliphatic rings. The van der Waals surface area contributed by atoms with E-state index in [1.54, 1.807) is 18.3 Å². The summed E-state index contributed by atoms with van der Waals surface area (Å²) in [5, 5.41) is 2.41. The van der Waals surface area contributed by atoms with Gasteiger partial charge in [-0.3, -0.25) is 19.8 Å². The molecule has 1 saturated heterocycles. The molecule has 4 N–H and O–H groups in total. The van der Waals surface area contributed by atoms with Gasteiger partial charge >= 0.3 is 0 Å². The van der Waals surface area contributed by atoms with Crippen molar-refractivity contribution in [1.29, 1.82) is 0 Å². The maximum atomic E-state index is 11.9. The van der Waals surface area contributed by atoms with Crippen LogP contribution in [0.2, 0.25) is 0 Å². The average Bonchev–Trinajstić information content (AvgIpc) is 2.95. The van der Waals surface area contributed by atoms with Gasteiger partial charge in [-0.05, 0) is 44.5 Å². The molecule has 2 amide bonds. The van der Waals surface area contributed by atoms with Gasteiger partial charge in [-0.25, -0.2) is 0 Å². The van der Waals surface area contributed by atoms with Crippen LogP contribution in [0.5, 0.6) is 0 Å². The smallest absolute Gasteiger partial charge is 0.274 e. The zero-order valence-electron chi connectivity index (χ0n) is 11.6. The van der Waals surface area contributed by atoms with Gasteiger partial charge in [0.05, 0.1) is 6.54 Å². The van der Waals surface area contributed by atoms with E-state index < -0.39 is 0 Å². The predicted molar refractivity (Wildman–Crippen MR) is 76.1 cm³/mol. The van der Waals surface area contributed by atoms with Crippen LogP contribution in [-0.2, 0) is 4.79 Å². The molecule has 0 bridgehead atoms. The number of aromatic amines is 1. The van der Waals surface area contributed by atoms with Gasteiger partial charge in [0, 0.05) is 12.2 Å². The van der Waals surface area contributed by atoms with Gasteiger partial charge in [0.1, 0.15) is 5.69 Å². The van der Waals surface area contributed by atoms with Gasteiger partial charge in [-0.1, -0.05) is 6.42 Å². The molecular weight excluding hydrogens is 256 g/mol. The van der Waals surface area contributed by atoms with Crippen LogP contribution in [0.3, 0.4) is 0 Å². The number of aromatic nitrogens is 1. The number of H-pyrrole nitrogens is 1. The number of imide groups is 1. The Kier molecular flexibility index (Phi) is 5.31. The van der Waals surface area contributed by atoms with Crippen molar-refractivity contribution in [3.8, 4) is 0 Å². The largest absolute Gasteiger partial charge is 0.357 e. The number of piperidine rings is 1. The molecule has 1 aliphatic heterocycles. The predicted octanol–water partition coefficient (Wildman–Crippen LogP) is 0.474. The molecule has 0 aliphatic carbocycles. The van der Waals surface area contributed by atoms with Crippen molar-refractivity contribution in [2.24, 2.45) is 5.73 Å². The summed E-state index contributed by atoms with van der Waals surface area (Å²) in [6, 6.07) is 3.72. The van der Waals surface area contributed by atoms with E-state index in [1.807, 2.05) is 0 Å². The number of hydrogen-bond donors (Lipinski definition) is 3. The first-order valence-electron chi connectivity index (χ1n) is 7.12. The number of nitrogens with one attached hydrogen (secondary N) is 2. The van der Waals surface area contributed by atoms with Gasteiger partial charge in [0.25, 0.3) is 5.91 Å². The third-order valence-corrected chi connectivity index (χ3v) is 3.69. The molecule has 1 aromatic heterocycles. The van der Waals surface area contributed by atoms with E-state index in [0.29, 0.717) is 18.3 Å². The third-order valence-electron chi connectivity index (χ3n) is 3.69. The van der Waals surface area contributed by atoms with Crippen LogP contribution in [0.4, 0.5) is 0 Å². The van der Waals surface area contributed by atoms with Gasteiger partial charge in [0.15, 0.2) is 0 Å². The molecule has 0 aromatic carbocycles. The summed E-state index contributed by atoms with van der Waals surface area (Å²) in [4.78, 5) is 28.6. The molecule has 2 rings (SSSR count). The summed E-state index contributed by atoms with van der Waals surface area (Å²) in [7, 11) is 0. The van der Waals surface area contributed by atoms with Crippen molar-refractivity contribution in [3.63, 3.8) is 0 Å². The number of rotatable bonds is 5. The Morgan fingerprint density at radius 3 is 3.00 bits per heavy atom. The minimum atomic E-state index is -0.382. The lowest BCUT2D eigenvalue weighted by Gasteiger charge is -2.34. The number of likely N-dealkylation sites (tertiary alicyclic amines) is 1. The van der Waals surface area contributed by atoms with E-state index in [4.69, 9.17) is 5.73 Å². The number of nitrogens with zero attached hydrogens (tertiary/aromatic N) is 1. The highest BCUT2D eigenvalue weighted by Crippen LogP contribution is 2.18. The molecule has 1 unspecified atom stereocenters. The van der Waals surface area contributed by atoms with E-state index in [-0.39, 0.29) is 18.4 Å². The fraction of sp³-hybridized carbons (Fsp3) is 0.571. The van der Waals surface area contributed by atoms with Crippen molar-refractivity contribution in [2.45, 2.75) is 31.7 Å². The van der Waals surface area contributed by atoms with Crippen molar-refractivity contribution in [3.05, 3.63) is 24.0 Å². The third kappa shape index (κ3) is 3.91. The summed E-state index contributed by atoms with van der Waals surface area (Å²) in [6.45, 7) is 1.79. The van der Waals surface area contributed by atoms with E-state index in [9.17, 15) is 9.59 Å². The van der Waals surface area contributed by atoms with Crippen LogP contribution in [0.1, 0.15) is 36.2 Å². The minimum absolute atomic E-state index is 0.256. The Morgan fingerprint density at radius 1 is 1.45 bits per heavy atom. The molecule has 1 aromatic rings. The molecule has 1 atom stereocenters. The van der Waals surface area contributed by atoms with Crippen LogP contribution in [-0.4, -0.2) is 47.4 Å². The van der Waals surface area contributed by atoms with E-state index in [2.05, 4.69) is 15.2 Å². The monoisotopic (exact) mass is 278 g/mol. The first-order valence-corrected chi connectivity index (χ1v) is 7.12. The highest BCUT2D eigenvalue weighted by atomic mass is 16.2. The highest BCUT2D eigenvalue weighted by molar-refractivity contribution is 6.04. The maximum absolute atomic E-state index is 11.9. The zero-order valence-corrected chi connectivity index (χ0v) is 11.6. The second-order valence-corrected chi connectivity index (χ2v) is 5.16. The molecule has 2 heterocycles. The van der Waals surface area contributed by atoms with Gasteiger partial charge in [-0.15, -0.1) is 0 Å². The first kappa shape index (κ1) is 14.7. The number of hydrogen-bond acceptors (Lipinski definition) is 4. The second-order valence-electron chi connectivity index (χ2n) is 5.16. The quantitative estimate of drug-likeness (QED) is 0.730. The molecule has 20 heavy (non-hydrogen) atoms. The second kappa shape index (κ2) is 7.21. The van der Waals surface area contributed by atoms with Crippen molar-refractivity contribution in [1.82, 2.24) is 15.2 Å². The summed E-state index contributed by atoms with van der Waals surface area (Å²) in [5.74, 6) is -0.638. The lowest BCUT2D eigenvalue weighted by Crippen LogP contribution is -2.47. The first-order chi connectivity index (χ1) is 9.70. The molecule has 0 radical (unpaired) electrons. The van der Waals surface area contributed by atoms with Crippen LogP contribution < -0.4 is 11.1 Å². The topological polar surface area (TPSA) is 91.2 Å². The van der Waals surface area contributed by atoms with Crippen LogP contribution in [0.25, 0.3) is 0 Å². The lowest BCUT2D eigenvalue weighted by molar-refractivity contribution is -0.122. The molecule has 0 saturated carbocycles. The van der Waals surface area contributed by atoms with Crippen LogP contribution in [0, 0.1) is 0 Å². The molecule has 0 spiro atoms. The van der Waals surface area contributed by atoms with Crippen molar-refractivity contribution in [2.75, 3.05) is 19.6 Å². The fourth-order valence-electron chi connectivity index (χ4n) is 2.68. The summed E-state index contributed by atoms with van der Waals surface area (Å²) >= 11 is 0. The molecule has 1 fully saturated rings. The van der Waals surface area contributed by atoms with E-state index in [1.165, 1.54) is 6.42 Å². The molecule has 110 valence electrons. The molecule has 6 heteroatoms.